The molecule has 8 rings (SSSR count). The van der Waals surface area contributed by atoms with Crippen LogP contribution in [0.25, 0.3) is 0 Å². The van der Waals surface area contributed by atoms with Crippen LogP contribution in [0.15, 0.2) is 142 Å². The number of ether oxygens (including phenoxy) is 5. The molecule has 0 aliphatic carbocycles. The van der Waals surface area contributed by atoms with Crippen LogP contribution in [-0.4, -0.2) is 110 Å². The predicted octanol–water partition coefficient (Wildman–Crippen LogP) is 7.57. The van der Waals surface area contributed by atoms with Gasteiger partial charge in [-0.1, -0.05) is 84.9 Å². The van der Waals surface area contributed by atoms with Gasteiger partial charge in [-0.15, -0.1) is 0 Å². The summed E-state index contributed by atoms with van der Waals surface area (Å²) in [4.78, 5) is 58.5. The van der Waals surface area contributed by atoms with Crippen molar-refractivity contribution in [3.8, 4) is 17.6 Å². The fourth-order valence-electron chi connectivity index (χ4n) is 9.68. The first-order chi connectivity index (χ1) is 38.4. The Kier molecular flexibility index (Phi) is 20.4. The van der Waals surface area contributed by atoms with Crippen LogP contribution in [0.4, 0.5) is 5.82 Å². The Bertz CT molecular complexity index is 3200. The lowest BCUT2D eigenvalue weighted by Gasteiger charge is -2.37. The van der Waals surface area contributed by atoms with Crippen molar-refractivity contribution in [1.29, 1.82) is 5.26 Å². The van der Waals surface area contributed by atoms with Crippen molar-refractivity contribution in [2.45, 2.75) is 115 Å². The molecule has 24 heteroatoms. The minimum Gasteiger partial charge on any atom is -0.497 e. The van der Waals surface area contributed by atoms with Crippen molar-refractivity contribution in [2.24, 2.45) is 0 Å². The highest BCUT2D eigenvalue weighted by Crippen LogP contribution is 2.53. The monoisotopic (exact) mass is 1160 g/mol. The number of aromatic amines is 1. The summed E-state index contributed by atoms with van der Waals surface area (Å²) in [7, 11) is 1.28. The molecular formula is C56H67N7O14P2S. The maximum Gasteiger partial charge on any atom is 0.351 e. The number of nitriles is 1. The molecule has 9 atom stereocenters. The first kappa shape index (κ1) is 60.1. The van der Waals surface area contributed by atoms with Crippen LogP contribution >= 0.6 is 15.2 Å². The summed E-state index contributed by atoms with van der Waals surface area (Å²) in [6, 6.07) is 37.4. The largest absolute Gasteiger partial charge is 0.497 e. The zero-order valence-electron chi connectivity index (χ0n) is 45.4. The smallest absolute Gasteiger partial charge is 0.351 e. The number of benzene rings is 4. The van der Waals surface area contributed by atoms with Crippen molar-refractivity contribution in [2.75, 3.05) is 39.4 Å². The van der Waals surface area contributed by atoms with Gasteiger partial charge in [-0.2, -0.15) is 10.2 Å². The number of aryl methyl sites for hydroxylation is 1. The Morgan fingerprint density at radius 1 is 0.875 bits per heavy atom. The Balaban J connectivity index is 1.11. The van der Waals surface area contributed by atoms with Gasteiger partial charge in [0, 0.05) is 43.0 Å². The van der Waals surface area contributed by atoms with Crippen molar-refractivity contribution in [1.82, 2.24) is 23.8 Å². The molecule has 2 saturated heterocycles. The lowest BCUT2D eigenvalue weighted by atomic mass is 9.80. The highest BCUT2D eigenvalue weighted by molar-refractivity contribution is 8.07. The summed E-state index contributed by atoms with van der Waals surface area (Å²) < 4.78 is 61.2. The summed E-state index contributed by atoms with van der Waals surface area (Å²) in [5.41, 5.74) is -0.300. The van der Waals surface area contributed by atoms with Gasteiger partial charge in [-0.05, 0) is 99.0 Å². The average Bonchev–Trinajstić information content (AvgIpc) is 4.12. The molecule has 4 heterocycles. The first-order valence-corrected chi connectivity index (χ1v) is 29.7. The van der Waals surface area contributed by atoms with Crippen LogP contribution in [0.2, 0.25) is 0 Å². The van der Waals surface area contributed by atoms with Gasteiger partial charge in [-0.25, -0.2) is 14.3 Å². The van der Waals surface area contributed by atoms with Crippen LogP contribution in [0.1, 0.15) is 80.8 Å². The zero-order valence-corrected chi connectivity index (χ0v) is 48.0. The van der Waals surface area contributed by atoms with Gasteiger partial charge in [0.15, 0.2) is 6.23 Å². The van der Waals surface area contributed by atoms with Gasteiger partial charge in [0.05, 0.1) is 52.6 Å². The fourth-order valence-corrected chi connectivity index (χ4v) is 12.9. The van der Waals surface area contributed by atoms with Gasteiger partial charge in [0.25, 0.3) is 14.1 Å². The Morgan fingerprint density at radius 3 is 2.08 bits per heavy atom. The van der Waals surface area contributed by atoms with E-state index >= 15 is 0 Å². The van der Waals surface area contributed by atoms with Crippen molar-refractivity contribution in [3.63, 3.8) is 0 Å². The number of nitrogens with one attached hydrogen (secondary N) is 2. The number of aliphatic hydroxyl groups excluding tert-OH is 1. The number of hydrogen-bond acceptors (Lipinski definition) is 18. The molecule has 2 aliphatic rings. The van der Waals surface area contributed by atoms with Crippen LogP contribution < -0.4 is 31.7 Å². The van der Waals surface area contributed by atoms with E-state index in [1.807, 2.05) is 117 Å². The van der Waals surface area contributed by atoms with Gasteiger partial charge in [0.2, 0.25) is 0 Å². The summed E-state index contributed by atoms with van der Waals surface area (Å²) in [6.07, 6.45) is -5.82. The van der Waals surface area contributed by atoms with E-state index in [2.05, 4.69) is 21.4 Å². The lowest BCUT2D eigenvalue weighted by Crippen LogP contribution is -2.41. The molecule has 2 aliphatic heterocycles. The van der Waals surface area contributed by atoms with E-state index in [0.29, 0.717) is 40.6 Å². The molecule has 426 valence electrons. The van der Waals surface area contributed by atoms with E-state index < -0.39 is 87.4 Å². The second-order valence-corrected chi connectivity index (χ2v) is 23.8. The highest BCUT2D eigenvalue weighted by Gasteiger charge is 2.51. The minimum absolute atomic E-state index is 0.0576. The standard InChI is InChI=1S/C56H67N7O14P2S/c1-36(2)63(37(3)4)78(72-30-14-28-57)76-45-31-49(61-29-27-48(59-54(61)66)58-32-39-15-10-8-11-16-39)74-46(45)35-73-79(68,80)77-51-47(75-53(50(51)64)62-33-38(5)52(65)60-55(62)67)34-71-56(40-17-12-9-13-18-40,41-19-23-43(69-6)24-20-41)42-21-25-44(70-7)26-22-42/h8-13,15-27,29,33,36-37,45-47,49-51,53,64H,14,30-32,34-35H2,1-7H3,(H,68,80)(H,58,59,66)(H,60,65,67)/t45-,46+,47+,49+,50+,51+,53+,78?,79?/m0/s1. The molecule has 0 amide bonds. The van der Waals surface area contributed by atoms with E-state index in [9.17, 15) is 29.6 Å². The molecule has 4 N–H and O–H groups in total. The van der Waals surface area contributed by atoms with Crippen molar-refractivity contribution in [3.05, 3.63) is 187 Å². The minimum atomic E-state index is -4.48. The van der Waals surface area contributed by atoms with Crippen LogP contribution in [0.3, 0.4) is 0 Å². The first-order valence-electron chi connectivity index (χ1n) is 26.0. The molecule has 2 fully saturated rings. The number of rotatable bonds is 26. The highest BCUT2D eigenvalue weighted by atomic mass is 32.5. The number of methoxy groups -OCH3 is 2. The zero-order chi connectivity index (χ0) is 57.1. The van der Waals surface area contributed by atoms with Gasteiger partial charge >= 0.3 is 18.1 Å². The summed E-state index contributed by atoms with van der Waals surface area (Å²) in [5, 5.41) is 24.9. The molecular weight excluding hydrogens is 1090 g/mol. The van der Waals surface area contributed by atoms with Gasteiger partial charge < -0.3 is 52.6 Å². The third kappa shape index (κ3) is 14.2. The summed E-state index contributed by atoms with van der Waals surface area (Å²) in [6.45, 7) is 4.71. The third-order valence-corrected chi connectivity index (χ3v) is 17.3. The molecule has 0 spiro atoms. The summed E-state index contributed by atoms with van der Waals surface area (Å²) in [5.74, 6) is 1.55. The average molecular weight is 1160 g/mol. The van der Waals surface area contributed by atoms with Crippen molar-refractivity contribution < 1.29 is 51.8 Å². The molecule has 4 aromatic carbocycles. The Hall–Kier alpha value is -5.99. The number of aliphatic hydroxyl groups is 1. The molecule has 0 radical (unpaired) electrons. The third-order valence-electron chi connectivity index (χ3n) is 13.5. The van der Waals surface area contributed by atoms with Gasteiger partial charge in [0.1, 0.15) is 53.6 Å². The molecule has 0 saturated carbocycles. The second kappa shape index (κ2) is 27.2. The molecule has 21 nitrogen and oxygen atoms in total. The number of nitrogens with zero attached hydrogens (tertiary/aromatic N) is 5. The van der Waals surface area contributed by atoms with Gasteiger partial charge in [-0.3, -0.25) is 23.4 Å². The van der Waals surface area contributed by atoms with E-state index in [1.54, 1.807) is 50.7 Å². The van der Waals surface area contributed by atoms with E-state index in [1.165, 1.54) is 17.7 Å². The normalized spacial score (nSPS) is 21.4. The lowest BCUT2D eigenvalue weighted by molar-refractivity contribution is -0.0953. The van der Waals surface area contributed by atoms with Crippen molar-refractivity contribution >= 4 is 32.9 Å². The SMILES string of the molecule is COc1ccc(C(OC[C@H]2O[C@@H](n3cc(C)c(=O)[nH]c3=O)[C@H](O)[C@@H]2OP(O)(=S)OC[C@H]2O[C@@H](n3ccc(NCc4ccccc4)nc3=O)C[C@@H]2OP(OCCC#N)N(C(C)C)C(C)C)(c2ccccc2)c2ccc(OC)cc2)cc1. The second-order valence-electron chi connectivity index (χ2n) is 19.6. The van der Waals surface area contributed by atoms with Crippen LogP contribution in [-0.2, 0) is 56.3 Å². The Morgan fingerprint density at radius 2 is 1.49 bits per heavy atom. The van der Waals surface area contributed by atoms with E-state index in [-0.39, 0.29) is 43.7 Å². The molecule has 0 bridgehead atoms. The predicted molar refractivity (Wildman–Crippen MR) is 302 cm³/mol. The molecule has 2 aromatic heterocycles. The topological polar surface area (TPSA) is 252 Å². The fraction of sp³-hybridized carbons (Fsp3) is 0.411. The molecule has 2 unspecified atom stereocenters. The van der Waals surface area contributed by atoms with E-state index in [0.717, 1.165) is 10.1 Å². The number of anilines is 1. The van der Waals surface area contributed by atoms with Crippen LogP contribution in [0, 0.1) is 18.3 Å². The maximum absolute atomic E-state index is 13.7. The number of hydrogen-bond donors (Lipinski definition) is 4. The quantitative estimate of drug-likeness (QED) is 0.0232. The number of H-pyrrole nitrogens is 1. The van der Waals surface area contributed by atoms with E-state index in [4.69, 9.17) is 53.6 Å². The maximum atomic E-state index is 13.7. The molecule has 6 aromatic rings. The number of aromatic nitrogens is 4. The molecule has 80 heavy (non-hydrogen) atoms. The Labute approximate surface area is 470 Å². The summed E-state index contributed by atoms with van der Waals surface area (Å²) >= 11 is 5.75. The van der Waals surface area contributed by atoms with Crippen LogP contribution in [0.5, 0.6) is 11.5 Å².